The van der Waals surface area contributed by atoms with Crippen molar-refractivity contribution in [2.45, 2.75) is 11.8 Å². The molecule has 3 N–H and O–H groups in total. The van der Waals surface area contributed by atoms with Crippen molar-refractivity contribution in [1.82, 2.24) is 0 Å². The molecule has 0 heterocycles. The highest BCUT2D eigenvalue weighted by Crippen LogP contribution is 2.28. The summed E-state index contributed by atoms with van der Waals surface area (Å²) < 4.78 is 0. The van der Waals surface area contributed by atoms with Crippen molar-refractivity contribution in [3.8, 4) is 0 Å². The number of nitrogens with one attached hydrogen (secondary N) is 1. The van der Waals surface area contributed by atoms with Crippen LogP contribution in [0.2, 0.25) is 0 Å². The fraction of sp³-hybridized carbons (Fsp3) is 0.143. The Bertz CT molecular complexity index is 523. The van der Waals surface area contributed by atoms with Crippen LogP contribution in [0.25, 0.3) is 0 Å². The largest absolute Gasteiger partial charge is 0.398 e. The van der Waals surface area contributed by atoms with Gasteiger partial charge in [-0.1, -0.05) is 18.2 Å². The molecule has 2 aromatic carbocycles. The number of benzene rings is 2. The summed E-state index contributed by atoms with van der Waals surface area (Å²) in [6, 6.07) is 14.3. The predicted molar refractivity (Wildman–Crippen MR) is 77.1 cm³/mol. The normalized spacial score (nSPS) is 10.2. The van der Waals surface area contributed by atoms with Crippen LogP contribution >= 0.6 is 11.8 Å². The predicted octanol–water partition coefficient (Wildman–Crippen LogP) is 4.04. The molecule has 88 valence electrons. The Balaban J connectivity index is 2.28. The van der Waals surface area contributed by atoms with E-state index in [2.05, 4.69) is 23.7 Å². The molecule has 0 radical (unpaired) electrons. The van der Waals surface area contributed by atoms with Crippen molar-refractivity contribution in [2.24, 2.45) is 0 Å². The smallest absolute Gasteiger partial charge is 0.0522 e. The zero-order valence-electron chi connectivity index (χ0n) is 10.0. The molecule has 0 saturated carbocycles. The molecule has 0 unspecified atom stereocenters. The molecule has 0 aliphatic rings. The van der Waals surface area contributed by atoms with Gasteiger partial charge in [-0.25, -0.2) is 0 Å². The highest BCUT2D eigenvalue weighted by Gasteiger charge is 2.01. The van der Waals surface area contributed by atoms with Crippen molar-refractivity contribution in [3.63, 3.8) is 0 Å². The Kier molecular flexibility index (Phi) is 3.59. The summed E-state index contributed by atoms with van der Waals surface area (Å²) in [6.45, 7) is 2.01. The van der Waals surface area contributed by atoms with Gasteiger partial charge in [-0.05, 0) is 43.0 Å². The van der Waals surface area contributed by atoms with Crippen molar-refractivity contribution >= 4 is 28.8 Å². The molecule has 2 rings (SSSR count). The van der Waals surface area contributed by atoms with Crippen LogP contribution in [-0.2, 0) is 0 Å². The van der Waals surface area contributed by atoms with Gasteiger partial charge in [0.15, 0.2) is 0 Å². The first-order valence-corrected chi connectivity index (χ1v) is 6.69. The van der Waals surface area contributed by atoms with E-state index in [4.69, 9.17) is 5.73 Å². The number of hydrogen-bond donors (Lipinski definition) is 2. The molecule has 0 bridgehead atoms. The van der Waals surface area contributed by atoms with Crippen LogP contribution in [0.1, 0.15) is 5.56 Å². The van der Waals surface area contributed by atoms with Gasteiger partial charge < -0.3 is 11.1 Å². The van der Waals surface area contributed by atoms with Gasteiger partial charge in [-0.2, -0.15) is 0 Å². The van der Waals surface area contributed by atoms with Gasteiger partial charge in [-0.3, -0.25) is 0 Å². The van der Waals surface area contributed by atoms with E-state index >= 15 is 0 Å². The average molecular weight is 244 g/mol. The number of rotatable bonds is 3. The van der Waals surface area contributed by atoms with Gasteiger partial charge in [0.2, 0.25) is 0 Å². The average Bonchev–Trinajstić information content (AvgIpc) is 2.34. The number of nitrogens with two attached hydrogens (primary N) is 1. The number of thioether (sulfide) groups is 1. The zero-order valence-corrected chi connectivity index (χ0v) is 10.8. The molecule has 0 fully saturated rings. The fourth-order valence-corrected chi connectivity index (χ4v) is 2.18. The molecule has 17 heavy (non-hydrogen) atoms. The summed E-state index contributed by atoms with van der Waals surface area (Å²) in [7, 11) is 0. The molecule has 0 atom stereocenters. The summed E-state index contributed by atoms with van der Waals surface area (Å²) in [4.78, 5) is 1.23. The molecular weight excluding hydrogens is 228 g/mol. The number of anilines is 3. The monoisotopic (exact) mass is 244 g/mol. The maximum absolute atomic E-state index is 5.90. The van der Waals surface area contributed by atoms with E-state index in [-0.39, 0.29) is 0 Å². The molecule has 0 amide bonds. The lowest BCUT2D eigenvalue weighted by molar-refractivity contribution is 1.40. The quantitative estimate of drug-likeness (QED) is 0.632. The summed E-state index contributed by atoms with van der Waals surface area (Å²) in [5.74, 6) is 0. The van der Waals surface area contributed by atoms with Gasteiger partial charge in [0.25, 0.3) is 0 Å². The van der Waals surface area contributed by atoms with E-state index in [0.29, 0.717) is 0 Å². The van der Waals surface area contributed by atoms with Crippen LogP contribution in [0.4, 0.5) is 17.1 Å². The number of aryl methyl sites for hydroxylation is 1. The minimum Gasteiger partial charge on any atom is -0.398 e. The summed E-state index contributed by atoms with van der Waals surface area (Å²) in [6.07, 6.45) is 2.07. The van der Waals surface area contributed by atoms with Crippen LogP contribution in [0, 0.1) is 6.92 Å². The maximum Gasteiger partial charge on any atom is 0.0522 e. The third-order valence-electron chi connectivity index (χ3n) is 2.67. The lowest BCUT2D eigenvalue weighted by atomic mass is 10.2. The molecule has 0 aromatic heterocycles. The fourth-order valence-electron chi connectivity index (χ4n) is 1.62. The molecule has 0 saturated heterocycles. The van der Waals surface area contributed by atoms with Crippen LogP contribution < -0.4 is 11.1 Å². The van der Waals surface area contributed by atoms with Gasteiger partial charge in [-0.15, -0.1) is 11.8 Å². The van der Waals surface area contributed by atoms with E-state index < -0.39 is 0 Å². The summed E-state index contributed by atoms with van der Waals surface area (Å²) in [5, 5.41) is 3.39. The SMILES string of the molecule is CSc1ccccc1Nc1ccc(C)c(N)c1. The van der Waals surface area contributed by atoms with Crippen molar-refractivity contribution < 1.29 is 0 Å². The van der Waals surface area contributed by atoms with E-state index in [0.717, 1.165) is 22.6 Å². The molecule has 2 aromatic rings. The first-order valence-electron chi connectivity index (χ1n) is 5.47. The van der Waals surface area contributed by atoms with Crippen molar-refractivity contribution in [1.29, 1.82) is 0 Å². The zero-order chi connectivity index (χ0) is 12.3. The topological polar surface area (TPSA) is 38.0 Å². The second-order valence-electron chi connectivity index (χ2n) is 3.90. The van der Waals surface area contributed by atoms with Gasteiger partial charge in [0, 0.05) is 16.3 Å². The Hall–Kier alpha value is -1.61. The first kappa shape index (κ1) is 11.9. The van der Waals surface area contributed by atoms with Gasteiger partial charge in [0.05, 0.1) is 5.69 Å². The Morgan fingerprint density at radius 3 is 2.59 bits per heavy atom. The molecule has 3 heteroatoms. The second-order valence-corrected chi connectivity index (χ2v) is 4.74. The lowest BCUT2D eigenvalue weighted by Gasteiger charge is -2.11. The molecule has 0 spiro atoms. The highest BCUT2D eigenvalue weighted by atomic mass is 32.2. The van der Waals surface area contributed by atoms with E-state index in [1.54, 1.807) is 11.8 Å². The van der Waals surface area contributed by atoms with Crippen LogP contribution in [0.15, 0.2) is 47.4 Å². The Morgan fingerprint density at radius 2 is 1.88 bits per heavy atom. The number of para-hydroxylation sites is 1. The van der Waals surface area contributed by atoms with Crippen LogP contribution in [0.5, 0.6) is 0 Å². The standard InChI is InChI=1S/C14H16N2S/c1-10-7-8-11(9-12(10)15)16-13-5-3-4-6-14(13)17-2/h3-9,16H,15H2,1-2H3. The minimum atomic E-state index is 0.816. The molecule has 0 aliphatic heterocycles. The third kappa shape index (κ3) is 2.74. The highest BCUT2D eigenvalue weighted by molar-refractivity contribution is 7.98. The second kappa shape index (κ2) is 5.15. The molecular formula is C14H16N2S. The van der Waals surface area contributed by atoms with Crippen LogP contribution in [0.3, 0.4) is 0 Å². The Morgan fingerprint density at radius 1 is 1.12 bits per heavy atom. The minimum absolute atomic E-state index is 0.816. The van der Waals surface area contributed by atoms with E-state index in [1.807, 2.05) is 37.3 Å². The van der Waals surface area contributed by atoms with Crippen molar-refractivity contribution in [3.05, 3.63) is 48.0 Å². The lowest BCUT2D eigenvalue weighted by Crippen LogP contribution is -1.95. The number of hydrogen-bond acceptors (Lipinski definition) is 3. The summed E-state index contributed by atoms with van der Waals surface area (Å²) >= 11 is 1.73. The van der Waals surface area contributed by atoms with E-state index in [9.17, 15) is 0 Å². The first-order chi connectivity index (χ1) is 8.20. The van der Waals surface area contributed by atoms with Crippen LogP contribution in [-0.4, -0.2) is 6.26 Å². The van der Waals surface area contributed by atoms with E-state index in [1.165, 1.54) is 4.90 Å². The van der Waals surface area contributed by atoms with Gasteiger partial charge >= 0.3 is 0 Å². The molecule has 2 nitrogen and oxygen atoms in total. The number of nitrogen functional groups attached to an aromatic ring is 1. The Labute approximate surface area is 106 Å². The maximum atomic E-state index is 5.90. The third-order valence-corrected chi connectivity index (χ3v) is 3.46. The molecule has 0 aliphatic carbocycles. The summed E-state index contributed by atoms with van der Waals surface area (Å²) in [5.41, 5.74) is 9.96. The van der Waals surface area contributed by atoms with Crippen molar-refractivity contribution in [2.75, 3.05) is 17.3 Å². The van der Waals surface area contributed by atoms with Gasteiger partial charge in [0.1, 0.15) is 0 Å².